The quantitative estimate of drug-likeness (QED) is 0.0222. The Balaban J connectivity index is 5.20. The number of aliphatic hydroxyl groups excluding tert-OH is 1. The molecule has 0 saturated carbocycles. The Morgan fingerprint density at radius 2 is 0.490 bits per heavy atom. The van der Waals surface area contributed by atoms with Crippen molar-refractivity contribution in [3.8, 4) is 0 Å². The third kappa shape index (κ3) is 76.8. The van der Waals surface area contributed by atoms with Crippen molar-refractivity contribution >= 4 is 39.5 Å². The van der Waals surface area contributed by atoms with Gasteiger partial charge in [-0.2, -0.15) is 0 Å². The number of esters is 4. The highest BCUT2D eigenvalue weighted by molar-refractivity contribution is 7.47. The molecule has 3 unspecified atom stereocenters. The molecule has 104 heavy (non-hydrogen) atoms. The lowest BCUT2D eigenvalue weighted by molar-refractivity contribution is -0.161. The summed E-state index contributed by atoms with van der Waals surface area (Å²) in [5.41, 5.74) is 0. The zero-order valence-electron chi connectivity index (χ0n) is 68.3. The molecule has 0 aromatic carbocycles. The van der Waals surface area contributed by atoms with Gasteiger partial charge in [0.1, 0.15) is 19.3 Å². The minimum atomic E-state index is -4.96. The standard InChI is InChI=1S/C85H166O17P2/c1-7-10-12-14-16-18-20-22-24-26-28-29-30-32-34-36-38-40-45-49-57-63-69-84(89)101-80(73-95-82(87)67-61-55-48-44-39-37-35-33-31-27-25-23-21-19-17-15-13-11-8-2)75-99-103(91,92)97-71-79(86)72-98-104(93,94)100-76-81(74-96-83(88)68-62-56-52-51-53-59-65-77(4)5)102-85(90)70-64-58-50-46-42-41-43-47-54-60-66-78(6)9-3/h77-81,86H,7-76H2,1-6H3,(H,91,92)(H,93,94)/t78?,79-,80-,81-/m1/s1. The molecular weight excluding hydrogens is 1350 g/mol. The first-order valence-electron chi connectivity index (χ1n) is 44.0. The first-order chi connectivity index (χ1) is 50.4. The van der Waals surface area contributed by atoms with E-state index >= 15 is 0 Å². The number of unbranched alkanes of at least 4 members (excludes halogenated alkanes) is 53. The SMILES string of the molecule is CCCCCCCCCCCCCCCCCCCCCCCCC(=O)O[C@H](COC(=O)CCCCCCCCCCCCCCCCCCCCC)COP(=O)(O)OC[C@@H](O)COP(=O)(O)OC[C@@H](COC(=O)CCCCCCCCC(C)C)OC(=O)CCCCCCCCCCCCC(C)CC. The number of phosphoric ester groups is 2. The number of phosphoric acid groups is 2. The normalized spacial score (nSPS) is 14.1. The Labute approximate surface area is 638 Å². The summed E-state index contributed by atoms with van der Waals surface area (Å²) >= 11 is 0. The van der Waals surface area contributed by atoms with Gasteiger partial charge >= 0.3 is 39.5 Å². The number of ether oxygens (including phenoxy) is 4. The number of rotatable bonds is 84. The van der Waals surface area contributed by atoms with Crippen molar-refractivity contribution in [1.29, 1.82) is 0 Å². The van der Waals surface area contributed by atoms with Gasteiger partial charge in [0.15, 0.2) is 12.2 Å². The molecule has 0 aromatic rings. The largest absolute Gasteiger partial charge is 0.472 e. The molecule has 0 heterocycles. The van der Waals surface area contributed by atoms with Crippen molar-refractivity contribution in [3.63, 3.8) is 0 Å². The molecule has 0 amide bonds. The monoisotopic (exact) mass is 1520 g/mol. The summed E-state index contributed by atoms with van der Waals surface area (Å²) in [5.74, 6) is -0.626. The lowest BCUT2D eigenvalue weighted by Gasteiger charge is -2.21. The van der Waals surface area contributed by atoms with Crippen molar-refractivity contribution in [3.05, 3.63) is 0 Å². The topological polar surface area (TPSA) is 237 Å². The van der Waals surface area contributed by atoms with Gasteiger partial charge in [-0.25, -0.2) is 9.13 Å². The van der Waals surface area contributed by atoms with Gasteiger partial charge in [-0.1, -0.05) is 401 Å². The maximum Gasteiger partial charge on any atom is 0.472 e. The smallest absolute Gasteiger partial charge is 0.462 e. The van der Waals surface area contributed by atoms with E-state index in [1.165, 1.54) is 263 Å². The van der Waals surface area contributed by atoms with Gasteiger partial charge in [-0.15, -0.1) is 0 Å². The highest BCUT2D eigenvalue weighted by Crippen LogP contribution is 2.45. The fourth-order valence-electron chi connectivity index (χ4n) is 13.2. The highest BCUT2D eigenvalue weighted by atomic mass is 31.2. The van der Waals surface area contributed by atoms with Crippen molar-refractivity contribution in [2.24, 2.45) is 11.8 Å². The maximum atomic E-state index is 13.1. The van der Waals surface area contributed by atoms with Crippen LogP contribution in [0.4, 0.5) is 0 Å². The highest BCUT2D eigenvalue weighted by Gasteiger charge is 2.30. The molecule has 6 atom stereocenters. The first-order valence-corrected chi connectivity index (χ1v) is 47.0. The molecule has 0 radical (unpaired) electrons. The third-order valence-electron chi connectivity index (χ3n) is 20.3. The van der Waals surface area contributed by atoms with Gasteiger partial charge in [0.05, 0.1) is 26.4 Å². The van der Waals surface area contributed by atoms with Crippen LogP contribution in [-0.2, 0) is 65.4 Å². The van der Waals surface area contributed by atoms with Crippen molar-refractivity contribution in [2.75, 3.05) is 39.6 Å². The lowest BCUT2D eigenvalue weighted by Crippen LogP contribution is -2.30. The summed E-state index contributed by atoms with van der Waals surface area (Å²) in [6.07, 6.45) is 68.3. The van der Waals surface area contributed by atoms with Crippen LogP contribution in [0, 0.1) is 11.8 Å². The van der Waals surface area contributed by atoms with E-state index < -0.39 is 97.5 Å². The van der Waals surface area contributed by atoms with Crippen LogP contribution in [0.1, 0.15) is 452 Å². The second kappa shape index (κ2) is 76.4. The number of carbonyl (C=O) groups is 4. The Morgan fingerprint density at radius 1 is 0.279 bits per heavy atom. The molecule has 3 N–H and O–H groups in total. The van der Waals surface area contributed by atoms with Gasteiger partial charge in [-0.3, -0.25) is 37.3 Å². The van der Waals surface area contributed by atoms with Crippen molar-refractivity contribution in [1.82, 2.24) is 0 Å². The van der Waals surface area contributed by atoms with Gasteiger partial charge < -0.3 is 33.8 Å². The number of carbonyl (C=O) groups excluding carboxylic acids is 4. The van der Waals surface area contributed by atoms with E-state index in [4.69, 9.17) is 37.0 Å². The van der Waals surface area contributed by atoms with E-state index in [0.29, 0.717) is 31.6 Å². The van der Waals surface area contributed by atoms with Crippen LogP contribution in [0.25, 0.3) is 0 Å². The molecule has 0 aliphatic carbocycles. The van der Waals surface area contributed by atoms with E-state index in [2.05, 4.69) is 41.5 Å². The summed E-state index contributed by atoms with van der Waals surface area (Å²) in [4.78, 5) is 73.1. The van der Waals surface area contributed by atoms with Gasteiger partial charge in [-0.05, 0) is 37.5 Å². The van der Waals surface area contributed by atoms with Crippen LogP contribution in [-0.4, -0.2) is 96.7 Å². The fraction of sp³-hybridized carbons (Fsp3) is 0.953. The molecule has 618 valence electrons. The zero-order chi connectivity index (χ0) is 76.4. The minimum absolute atomic E-state index is 0.106. The molecule has 0 fully saturated rings. The second-order valence-electron chi connectivity index (χ2n) is 31.3. The van der Waals surface area contributed by atoms with Crippen LogP contribution in [0.5, 0.6) is 0 Å². The molecule has 0 rings (SSSR count). The Kier molecular flexibility index (Phi) is 75.0. The van der Waals surface area contributed by atoms with Crippen molar-refractivity contribution < 1.29 is 80.2 Å². The van der Waals surface area contributed by atoms with E-state index in [1.54, 1.807) is 0 Å². The Morgan fingerprint density at radius 3 is 0.731 bits per heavy atom. The minimum Gasteiger partial charge on any atom is -0.462 e. The predicted octanol–water partition coefficient (Wildman–Crippen LogP) is 25.8. The lowest BCUT2D eigenvalue weighted by atomic mass is 9.99. The Hall–Kier alpha value is -1.94. The molecule has 0 bridgehead atoms. The van der Waals surface area contributed by atoms with Crippen LogP contribution in [0.15, 0.2) is 0 Å². The second-order valence-corrected chi connectivity index (χ2v) is 34.2. The van der Waals surface area contributed by atoms with Gasteiger partial charge in [0.25, 0.3) is 0 Å². The summed E-state index contributed by atoms with van der Waals surface area (Å²) in [6, 6.07) is 0. The molecule has 0 saturated heterocycles. The maximum absolute atomic E-state index is 13.1. The van der Waals surface area contributed by atoms with Gasteiger partial charge in [0, 0.05) is 25.7 Å². The zero-order valence-corrected chi connectivity index (χ0v) is 70.1. The molecule has 0 aliphatic rings. The number of hydrogen-bond donors (Lipinski definition) is 3. The summed E-state index contributed by atoms with van der Waals surface area (Å²) in [6.45, 7) is 9.59. The number of hydrogen-bond acceptors (Lipinski definition) is 15. The molecular formula is C85H166O17P2. The molecule has 19 heteroatoms. The predicted molar refractivity (Wildman–Crippen MR) is 428 cm³/mol. The molecule has 17 nitrogen and oxygen atoms in total. The molecule has 0 spiro atoms. The van der Waals surface area contributed by atoms with Crippen LogP contribution in [0.3, 0.4) is 0 Å². The van der Waals surface area contributed by atoms with E-state index in [-0.39, 0.29) is 25.7 Å². The Bertz CT molecular complexity index is 2000. The summed E-state index contributed by atoms with van der Waals surface area (Å²) < 4.78 is 68.8. The van der Waals surface area contributed by atoms with Gasteiger partial charge in [0.2, 0.25) is 0 Å². The fourth-order valence-corrected chi connectivity index (χ4v) is 14.8. The van der Waals surface area contributed by atoms with Crippen LogP contribution < -0.4 is 0 Å². The van der Waals surface area contributed by atoms with E-state index in [0.717, 1.165) is 102 Å². The molecule has 0 aromatic heterocycles. The average Bonchev–Trinajstić information content (AvgIpc) is 0.909. The van der Waals surface area contributed by atoms with Crippen LogP contribution >= 0.6 is 15.6 Å². The van der Waals surface area contributed by atoms with Crippen LogP contribution in [0.2, 0.25) is 0 Å². The average molecular weight is 1520 g/mol. The summed E-state index contributed by atoms with van der Waals surface area (Å²) in [5, 5.41) is 10.7. The third-order valence-corrected chi connectivity index (χ3v) is 22.2. The van der Waals surface area contributed by atoms with Crippen molar-refractivity contribution in [2.45, 2.75) is 471 Å². The van der Waals surface area contributed by atoms with E-state index in [9.17, 15) is 43.2 Å². The first kappa shape index (κ1) is 102. The summed E-state index contributed by atoms with van der Waals surface area (Å²) in [7, 11) is -9.92. The molecule has 0 aliphatic heterocycles. The number of aliphatic hydroxyl groups is 1. The van der Waals surface area contributed by atoms with E-state index in [1.807, 2.05) is 0 Å².